The third kappa shape index (κ3) is 6.08. The summed E-state index contributed by atoms with van der Waals surface area (Å²) < 4.78 is 42.5. The summed E-state index contributed by atoms with van der Waals surface area (Å²) in [6.45, 7) is 11.2. The van der Waals surface area contributed by atoms with Crippen LogP contribution in [0.4, 0.5) is 9.18 Å². The number of ether oxygens (including phenoxy) is 3. The summed E-state index contributed by atoms with van der Waals surface area (Å²) >= 11 is 5.14. The van der Waals surface area contributed by atoms with Crippen LogP contribution in [0.3, 0.4) is 0 Å². The van der Waals surface area contributed by atoms with E-state index in [9.17, 15) is 9.18 Å². The third-order valence-corrected chi connectivity index (χ3v) is 11.3. The number of furan rings is 1. The zero-order valence-electron chi connectivity index (χ0n) is 22.2. The first-order chi connectivity index (χ1) is 17.9. The number of hydrogen-bond donors (Lipinski definition) is 0. The molecule has 0 fully saturated rings. The first kappa shape index (κ1) is 27.8. The lowest BCUT2D eigenvalue weighted by atomic mass is 10.1. The van der Waals surface area contributed by atoms with Crippen LogP contribution in [0.15, 0.2) is 40.9 Å². The van der Waals surface area contributed by atoms with E-state index in [0.717, 1.165) is 5.56 Å². The van der Waals surface area contributed by atoms with Gasteiger partial charge in [-0.1, -0.05) is 20.8 Å². The predicted octanol–water partition coefficient (Wildman–Crippen LogP) is 7.47. The van der Waals surface area contributed by atoms with Crippen LogP contribution >= 0.6 is 11.6 Å². The number of carbonyl (C=O) groups is 1. The Kier molecular flexibility index (Phi) is 7.96. The van der Waals surface area contributed by atoms with Crippen molar-refractivity contribution >= 4 is 47.3 Å². The number of carbonyl (C=O) groups excluding carboxylic acids is 1. The highest BCUT2D eigenvalue weighted by Crippen LogP contribution is 2.39. The van der Waals surface area contributed by atoms with Gasteiger partial charge in [-0.25, -0.2) is 19.2 Å². The van der Waals surface area contributed by atoms with E-state index in [0.29, 0.717) is 45.8 Å². The molecular formula is C27H30ClFN2O6Si. The van der Waals surface area contributed by atoms with Crippen LogP contribution in [0.1, 0.15) is 26.3 Å². The molecule has 0 bridgehead atoms. The van der Waals surface area contributed by atoms with E-state index in [1.807, 2.05) is 12.1 Å². The lowest BCUT2D eigenvalue weighted by Gasteiger charge is -2.36. The average Bonchev–Trinajstić information content (AvgIpc) is 3.26. The molecule has 2 aromatic heterocycles. The quantitative estimate of drug-likeness (QED) is 0.118. The fraction of sp³-hybridized carbons (Fsp3) is 0.370. The number of methoxy groups -OCH3 is 1. The van der Waals surface area contributed by atoms with Crippen LogP contribution in [0.2, 0.25) is 18.1 Å². The number of nitrogens with zero attached hydrogens (tertiary/aromatic N) is 2. The molecule has 2 heterocycles. The molecule has 0 N–H and O–H groups in total. The average molecular weight is 561 g/mol. The van der Waals surface area contributed by atoms with Crippen LogP contribution in [0, 0.1) is 5.82 Å². The molecule has 8 nitrogen and oxygen atoms in total. The van der Waals surface area contributed by atoms with Crippen LogP contribution in [0.25, 0.3) is 33.3 Å². The van der Waals surface area contributed by atoms with Gasteiger partial charge in [-0.15, -0.1) is 0 Å². The highest BCUT2D eigenvalue weighted by molar-refractivity contribution is 6.74. The van der Waals surface area contributed by atoms with Gasteiger partial charge in [0.25, 0.3) is 0 Å². The molecule has 0 saturated carbocycles. The number of aromatic nitrogens is 2. The smallest absolute Gasteiger partial charge is 0.403 e. The zero-order valence-corrected chi connectivity index (χ0v) is 23.9. The minimum absolute atomic E-state index is 0.00128. The van der Waals surface area contributed by atoms with E-state index in [2.05, 4.69) is 48.6 Å². The molecule has 0 aliphatic heterocycles. The van der Waals surface area contributed by atoms with E-state index in [1.54, 1.807) is 12.3 Å². The highest BCUT2D eigenvalue weighted by atomic mass is 35.5. The number of benzene rings is 2. The highest BCUT2D eigenvalue weighted by Gasteiger charge is 2.37. The van der Waals surface area contributed by atoms with Gasteiger partial charge in [-0.05, 0) is 48.0 Å². The van der Waals surface area contributed by atoms with Crippen LogP contribution < -0.4 is 9.47 Å². The van der Waals surface area contributed by atoms with E-state index in [4.69, 9.17) is 29.9 Å². The van der Waals surface area contributed by atoms with Crippen molar-refractivity contribution < 1.29 is 32.2 Å². The van der Waals surface area contributed by atoms with Gasteiger partial charge in [0.15, 0.2) is 19.9 Å². The molecule has 38 heavy (non-hydrogen) atoms. The molecule has 0 saturated heterocycles. The van der Waals surface area contributed by atoms with Gasteiger partial charge in [-0.2, -0.15) is 0 Å². The Labute approximate surface area is 226 Å². The monoisotopic (exact) mass is 560 g/mol. The number of hydrogen-bond acceptors (Lipinski definition) is 8. The molecule has 4 aromatic rings. The fourth-order valence-electron chi connectivity index (χ4n) is 3.57. The molecule has 0 spiro atoms. The molecule has 0 amide bonds. The molecule has 0 unspecified atom stereocenters. The van der Waals surface area contributed by atoms with Crippen LogP contribution in [-0.2, 0) is 15.8 Å². The molecule has 0 aliphatic rings. The SMILES string of the molecule is COc1cnc2c(-c3cc4cc(OCCOC(=O)Cl)c(F)cc4o3)cc(CO[Si](C)(C)C(C)(C)C)cc2n1. The summed E-state index contributed by atoms with van der Waals surface area (Å²) in [6.07, 6.45) is 1.54. The van der Waals surface area contributed by atoms with Crippen molar-refractivity contribution in [1.29, 1.82) is 0 Å². The van der Waals surface area contributed by atoms with Crippen molar-refractivity contribution in [2.45, 2.75) is 45.5 Å². The Hall–Kier alpha value is -3.21. The molecule has 0 aliphatic carbocycles. The van der Waals surface area contributed by atoms with E-state index in [-0.39, 0.29) is 24.0 Å². The predicted molar refractivity (Wildman–Crippen MR) is 146 cm³/mol. The molecule has 202 valence electrons. The number of halogens is 2. The minimum Gasteiger partial charge on any atom is -0.487 e. The van der Waals surface area contributed by atoms with Crippen molar-refractivity contribution in [2.24, 2.45) is 0 Å². The second-order valence-corrected chi connectivity index (χ2v) is 15.5. The Morgan fingerprint density at radius 3 is 2.58 bits per heavy atom. The zero-order chi connectivity index (χ0) is 27.7. The Balaban J connectivity index is 1.72. The maximum Gasteiger partial charge on any atom is 0.403 e. The maximum absolute atomic E-state index is 14.7. The maximum atomic E-state index is 14.7. The van der Waals surface area contributed by atoms with Crippen LogP contribution in [-0.4, -0.2) is 44.0 Å². The number of rotatable bonds is 9. The molecule has 4 rings (SSSR count). The summed E-state index contributed by atoms with van der Waals surface area (Å²) in [4.78, 5) is 19.8. The lowest BCUT2D eigenvalue weighted by molar-refractivity contribution is 0.146. The Bertz CT molecular complexity index is 1480. The summed E-state index contributed by atoms with van der Waals surface area (Å²) in [6, 6.07) is 8.47. The van der Waals surface area contributed by atoms with Gasteiger partial charge in [0, 0.05) is 28.6 Å². The van der Waals surface area contributed by atoms with E-state index >= 15 is 0 Å². The molecule has 2 aromatic carbocycles. The molecule has 0 atom stereocenters. The number of fused-ring (bicyclic) bond motifs is 2. The second-order valence-electron chi connectivity index (χ2n) is 10.3. The second kappa shape index (κ2) is 10.9. The van der Waals surface area contributed by atoms with Crippen molar-refractivity contribution in [1.82, 2.24) is 9.97 Å². The molecule has 0 radical (unpaired) electrons. The topological polar surface area (TPSA) is 92.9 Å². The van der Waals surface area contributed by atoms with Gasteiger partial charge in [0.05, 0.1) is 30.9 Å². The Morgan fingerprint density at radius 1 is 1.13 bits per heavy atom. The van der Waals surface area contributed by atoms with E-state index in [1.165, 1.54) is 19.2 Å². The van der Waals surface area contributed by atoms with Gasteiger partial charge in [0.1, 0.15) is 24.6 Å². The first-order valence-corrected chi connectivity index (χ1v) is 15.3. The summed E-state index contributed by atoms with van der Waals surface area (Å²) in [5.41, 5.74) is 2.23. The lowest BCUT2D eigenvalue weighted by Crippen LogP contribution is -2.40. The summed E-state index contributed by atoms with van der Waals surface area (Å²) in [5.74, 6) is 0.272. The van der Waals surface area contributed by atoms with Gasteiger partial charge >= 0.3 is 5.43 Å². The van der Waals surface area contributed by atoms with Crippen molar-refractivity contribution in [3.05, 3.63) is 47.9 Å². The normalized spacial score (nSPS) is 12.2. The van der Waals surface area contributed by atoms with Gasteiger partial charge in [0.2, 0.25) is 5.88 Å². The molecule has 11 heteroatoms. The minimum atomic E-state index is -2.00. The van der Waals surface area contributed by atoms with Crippen molar-refractivity contribution in [3.8, 4) is 23.0 Å². The third-order valence-electron chi connectivity index (χ3n) is 6.69. The van der Waals surface area contributed by atoms with Gasteiger partial charge in [-0.3, -0.25) is 0 Å². The summed E-state index contributed by atoms with van der Waals surface area (Å²) in [7, 11) is -0.468. The van der Waals surface area contributed by atoms with Gasteiger partial charge < -0.3 is 23.1 Å². The van der Waals surface area contributed by atoms with Crippen molar-refractivity contribution in [2.75, 3.05) is 20.3 Å². The molecular weight excluding hydrogens is 531 g/mol. The fourth-order valence-corrected chi connectivity index (χ4v) is 4.61. The van der Waals surface area contributed by atoms with Crippen LogP contribution in [0.5, 0.6) is 11.6 Å². The standard InChI is InChI=1S/C27H30ClFN2O6Si/c1-27(2,3)38(5,6)36-15-16-9-18(25-20(10-16)31-24(33-4)14-30-25)22-11-17-12-23(19(29)13-21(17)37-22)34-7-8-35-26(28)32/h9-14H,7-8,15H2,1-6H3. The Morgan fingerprint density at radius 2 is 1.89 bits per heavy atom. The first-order valence-electron chi connectivity index (χ1n) is 12.0. The summed E-state index contributed by atoms with van der Waals surface area (Å²) in [5, 5.41) is 0.687. The van der Waals surface area contributed by atoms with Crippen molar-refractivity contribution in [3.63, 3.8) is 0 Å². The van der Waals surface area contributed by atoms with E-state index < -0.39 is 19.6 Å². The largest absolute Gasteiger partial charge is 0.487 e.